The maximum absolute atomic E-state index is 11.6. The van der Waals surface area contributed by atoms with Gasteiger partial charge in [0, 0.05) is 27.4 Å². The third kappa shape index (κ3) is 6.29. The van der Waals surface area contributed by atoms with Crippen LogP contribution in [0.2, 0.25) is 0 Å². The van der Waals surface area contributed by atoms with Crippen molar-refractivity contribution in [1.29, 1.82) is 0 Å². The van der Waals surface area contributed by atoms with Gasteiger partial charge in [-0.25, -0.2) is 0 Å². The number of methoxy groups -OCH3 is 2. The van der Waals surface area contributed by atoms with Gasteiger partial charge in [-0.1, -0.05) is 0 Å². The molecule has 0 atom stereocenters. The molecule has 0 fully saturated rings. The standard InChI is InChI=1S/C19H18N6O6/c1-28-16-10-12(18(26)22-24-20)4-6-14(16)30-8-3-9-31-15-7-5-13(11-17(15)29-2)19(27)23-25-21/h4-7,10-11H,3,8-9H2,1-2H3. The molecule has 31 heavy (non-hydrogen) atoms. The minimum absolute atomic E-state index is 0.180. The number of nitrogens with zero attached hydrogens (tertiary/aromatic N) is 6. The van der Waals surface area contributed by atoms with Crippen LogP contribution in [0.25, 0.3) is 20.9 Å². The number of hydrogen-bond acceptors (Lipinski definition) is 6. The minimum atomic E-state index is -0.721. The Morgan fingerprint density at radius 2 is 1.19 bits per heavy atom. The number of rotatable bonds is 10. The van der Waals surface area contributed by atoms with Crippen LogP contribution in [0.15, 0.2) is 46.6 Å². The lowest BCUT2D eigenvalue weighted by Gasteiger charge is -2.13. The van der Waals surface area contributed by atoms with Gasteiger partial charge in [-0.15, -0.1) is 0 Å². The minimum Gasteiger partial charge on any atom is -0.493 e. The van der Waals surface area contributed by atoms with Crippen molar-refractivity contribution in [3.05, 3.63) is 68.4 Å². The normalized spacial score (nSPS) is 9.61. The largest absolute Gasteiger partial charge is 0.493 e. The van der Waals surface area contributed by atoms with E-state index in [1.807, 2.05) is 0 Å². The Labute approximate surface area is 176 Å². The zero-order chi connectivity index (χ0) is 22.6. The molecular weight excluding hydrogens is 408 g/mol. The number of amides is 2. The predicted molar refractivity (Wildman–Crippen MR) is 109 cm³/mol. The number of ether oxygens (including phenoxy) is 4. The molecule has 12 nitrogen and oxygen atoms in total. The second-order valence-corrected chi connectivity index (χ2v) is 5.77. The van der Waals surface area contributed by atoms with Gasteiger partial charge in [0.25, 0.3) is 0 Å². The molecule has 0 aliphatic heterocycles. The van der Waals surface area contributed by atoms with Crippen LogP contribution in [-0.4, -0.2) is 39.2 Å². The summed E-state index contributed by atoms with van der Waals surface area (Å²) < 4.78 is 21.7. The lowest BCUT2D eigenvalue weighted by atomic mass is 10.2. The summed E-state index contributed by atoms with van der Waals surface area (Å²) in [7, 11) is 2.85. The van der Waals surface area contributed by atoms with Crippen molar-refractivity contribution in [1.82, 2.24) is 0 Å². The van der Waals surface area contributed by atoms with Gasteiger partial charge in [0.05, 0.1) is 27.4 Å². The summed E-state index contributed by atoms with van der Waals surface area (Å²) in [5, 5.41) is 6.06. The third-order valence-corrected chi connectivity index (χ3v) is 3.90. The molecule has 0 heterocycles. The molecule has 0 N–H and O–H groups in total. The molecular formula is C19H18N6O6. The van der Waals surface area contributed by atoms with Crippen LogP contribution in [0.1, 0.15) is 27.1 Å². The monoisotopic (exact) mass is 426 g/mol. The van der Waals surface area contributed by atoms with E-state index in [4.69, 9.17) is 30.0 Å². The summed E-state index contributed by atoms with van der Waals surface area (Å²) in [5.41, 5.74) is 17.1. The van der Waals surface area contributed by atoms with Gasteiger partial charge in [-0.2, -0.15) is 0 Å². The Balaban J connectivity index is 1.92. The summed E-state index contributed by atoms with van der Waals surface area (Å²) in [6, 6.07) is 8.87. The van der Waals surface area contributed by atoms with Crippen LogP contribution in [0.5, 0.6) is 23.0 Å². The van der Waals surface area contributed by atoms with Gasteiger partial charge in [0.1, 0.15) is 0 Å². The predicted octanol–water partition coefficient (Wildman–Crippen LogP) is 4.45. The average molecular weight is 426 g/mol. The topological polar surface area (TPSA) is 169 Å². The first kappa shape index (κ1) is 22.9. The first-order valence-electron chi connectivity index (χ1n) is 8.84. The Kier molecular flexibility index (Phi) is 8.54. The van der Waals surface area contributed by atoms with Crippen molar-refractivity contribution in [2.75, 3.05) is 27.4 Å². The molecule has 0 aliphatic carbocycles. The van der Waals surface area contributed by atoms with Gasteiger partial charge in [-0.05, 0) is 57.7 Å². The van der Waals surface area contributed by atoms with Crippen LogP contribution >= 0.6 is 0 Å². The number of hydrogen-bond donors (Lipinski definition) is 0. The molecule has 0 saturated carbocycles. The summed E-state index contributed by atoms with van der Waals surface area (Å²) in [6.07, 6.45) is 0.505. The highest BCUT2D eigenvalue weighted by atomic mass is 16.5. The maximum Gasteiger partial charge on any atom is 0.249 e. The van der Waals surface area contributed by atoms with Crippen molar-refractivity contribution < 1.29 is 28.5 Å². The summed E-state index contributed by atoms with van der Waals surface area (Å²) >= 11 is 0. The molecule has 0 saturated heterocycles. The molecule has 2 aromatic carbocycles. The molecule has 12 heteroatoms. The maximum atomic E-state index is 11.6. The molecule has 0 unspecified atom stereocenters. The van der Waals surface area contributed by atoms with Gasteiger partial charge in [-0.3, -0.25) is 9.59 Å². The van der Waals surface area contributed by atoms with Gasteiger partial charge < -0.3 is 18.9 Å². The molecule has 0 aromatic heterocycles. The van der Waals surface area contributed by atoms with Crippen molar-refractivity contribution >= 4 is 11.8 Å². The Hall–Kier alpha value is -4.40. The summed E-state index contributed by atoms with van der Waals surface area (Å²) in [6.45, 7) is 0.575. The lowest BCUT2D eigenvalue weighted by molar-refractivity contribution is 0.0992. The van der Waals surface area contributed by atoms with Gasteiger partial charge in [0.15, 0.2) is 23.0 Å². The molecule has 0 aliphatic rings. The van der Waals surface area contributed by atoms with E-state index in [0.717, 1.165) is 0 Å². The van der Waals surface area contributed by atoms with Crippen LogP contribution in [0.3, 0.4) is 0 Å². The smallest absolute Gasteiger partial charge is 0.249 e. The molecule has 2 aromatic rings. The molecule has 0 radical (unpaired) electrons. The van der Waals surface area contributed by atoms with Gasteiger partial charge in [0.2, 0.25) is 11.8 Å². The lowest BCUT2D eigenvalue weighted by Crippen LogP contribution is -2.07. The fourth-order valence-corrected chi connectivity index (χ4v) is 2.46. The molecule has 2 rings (SSSR count). The van der Waals surface area contributed by atoms with Crippen molar-refractivity contribution in [3.8, 4) is 23.0 Å². The van der Waals surface area contributed by atoms with Crippen LogP contribution in [0, 0.1) is 0 Å². The molecule has 0 bridgehead atoms. The second-order valence-electron chi connectivity index (χ2n) is 5.77. The fraction of sp³-hybridized carbons (Fsp3) is 0.263. The summed E-state index contributed by atoms with van der Waals surface area (Å²) in [4.78, 5) is 28.2. The van der Waals surface area contributed by atoms with Crippen LogP contribution in [0.4, 0.5) is 0 Å². The highest BCUT2D eigenvalue weighted by Gasteiger charge is 2.12. The van der Waals surface area contributed by atoms with Crippen LogP contribution in [-0.2, 0) is 0 Å². The SMILES string of the molecule is COc1cc(C(=O)N=[N+]=[N-])ccc1OCCCOc1ccc(C(=O)N=[N+]=[N-])cc1OC. The van der Waals surface area contributed by atoms with Crippen LogP contribution < -0.4 is 18.9 Å². The summed E-state index contributed by atoms with van der Waals surface area (Å²) in [5.74, 6) is 0.0318. The number of benzene rings is 2. The molecule has 0 spiro atoms. The van der Waals surface area contributed by atoms with E-state index >= 15 is 0 Å². The van der Waals surface area contributed by atoms with E-state index in [1.165, 1.54) is 38.5 Å². The van der Waals surface area contributed by atoms with E-state index < -0.39 is 11.8 Å². The van der Waals surface area contributed by atoms with E-state index in [2.05, 4.69) is 20.1 Å². The number of azide groups is 2. The number of carbonyl (C=O) groups is 2. The zero-order valence-corrected chi connectivity index (χ0v) is 16.7. The molecule has 2 amide bonds. The number of carbonyl (C=O) groups excluding carboxylic acids is 2. The first-order chi connectivity index (χ1) is 15.0. The van der Waals surface area contributed by atoms with E-state index in [-0.39, 0.29) is 24.3 Å². The Morgan fingerprint density at radius 3 is 1.55 bits per heavy atom. The van der Waals surface area contributed by atoms with Crippen molar-refractivity contribution in [2.45, 2.75) is 6.42 Å². The van der Waals surface area contributed by atoms with Crippen molar-refractivity contribution in [3.63, 3.8) is 0 Å². The highest BCUT2D eigenvalue weighted by Crippen LogP contribution is 2.30. The van der Waals surface area contributed by atoms with E-state index in [0.29, 0.717) is 29.4 Å². The molecule has 160 valence electrons. The van der Waals surface area contributed by atoms with Gasteiger partial charge >= 0.3 is 0 Å². The van der Waals surface area contributed by atoms with E-state index in [9.17, 15) is 9.59 Å². The Bertz CT molecular complexity index is 976. The zero-order valence-electron chi connectivity index (χ0n) is 16.7. The first-order valence-corrected chi connectivity index (χ1v) is 8.84. The quantitative estimate of drug-likeness (QED) is 0.235. The average Bonchev–Trinajstić information content (AvgIpc) is 2.79. The van der Waals surface area contributed by atoms with Crippen molar-refractivity contribution in [2.24, 2.45) is 10.2 Å². The Morgan fingerprint density at radius 1 is 0.774 bits per heavy atom. The third-order valence-electron chi connectivity index (χ3n) is 3.90. The fourth-order valence-electron chi connectivity index (χ4n) is 2.46. The highest BCUT2D eigenvalue weighted by molar-refractivity contribution is 5.96. The second kappa shape index (κ2) is 11.6. The van der Waals surface area contributed by atoms with E-state index in [1.54, 1.807) is 12.1 Å².